The molecule has 0 radical (unpaired) electrons. The topological polar surface area (TPSA) is 64.4 Å². The summed E-state index contributed by atoms with van der Waals surface area (Å²) in [6, 6.07) is 3.53. The molecule has 5 nitrogen and oxygen atoms in total. The van der Waals surface area contributed by atoms with Crippen molar-refractivity contribution in [2.24, 2.45) is 7.05 Å². The van der Waals surface area contributed by atoms with Crippen molar-refractivity contribution in [2.75, 3.05) is 0 Å². The summed E-state index contributed by atoms with van der Waals surface area (Å²) in [5, 5.41) is 13.3. The van der Waals surface area contributed by atoms with Gasteiger partial charge in [0.25, 0.3) is 0 Å². The van der Waals surface area contributed by atoms with Crippen LogP contribution in [-0.2, 0) is 7.05 Å². The van der Waals surface area contributed by atoms with Gasteiger partial charge >= 0.3 is 12.3 Å². The third-order valence-corrected chi connectivity index (χ3v) is 3.23. The van der Waals surface area contributed by atoms with E-state index in [1.54, 1.807) is 25.6 Å². The van der Waals surface area contributed by atoms with Gasteiger partial charge in [0.2, 0.25) is 0 Å². The normalized spacial score (nSPS) is 11.5. The maximum absolute atomic E-state index is 12.3. The summed E-state index contributed by atoms with van der Waals surface area (Å²) in [6.07, 6.45) is -4.95. The van der Waals surface area contributed by atoms with Gasteiger partial charge in [-0.2, -0.15) is 5.10 Å². The number of alkyl halides is 3. The summed E-state index contributed by atoms with van der Waals surface area (Å²) < 4.78 is 42.3. The van der Waals surface area contributed by atoms with Crippen LogP contribution < -0.4 is 4.74 Å². The van der Waals surface area contributed by atoms with E-state index in [4.69, 9.17) is 5.11 Å². The number of carboxylic acid groups (broad SMARTS) is 1. The van der Waals surface area contributed by atoms with Gasteiger partial charge in [0.1, 0.15) is 11.3 Å². The first-order chi connectivity index (χ1) is 10.1. The fourth-order valence-electron chi connectivity index (χ4n) is 2.26. The summed E-state index contributed by atoms with van der Waals surface area (Å²) in [4.78, 5) is 11.2. The molecule has 2 aromatic rings. The Balaban J connectivity index is 2.57. The van der Waals surface area contributed by atoms with Crippen molar-refractivity contribution in [3.8, 4) is 16.9 Å². The molecule has 0 unspecified atom stereocenters. The SMILES string of the molecule is Cc1nn(C)c(C)c1-c1ccc(OC(F)(F)F)c(C(=O)O)c1. The highest BCUT2D eigenvalue weighted by atomic mass is 19.4. The number of hydrogen-bond acceptors (Lipinski definition) is 3. The van der Waals surface area contributed by atoms with Crippen LogP contribution in [0.5, 0.6) is 5.75 Å². The molecule has 0 amide bonds. The number of carboxylic acids is 1. The number of aryl methyl sites for hydroxylation is 2. The number of ether oxygens (including phenoxy) is 1. The van der Waals surface area contributed by atoms with Gasteiger partial charge in [-0.3, -0.25) is 4.68 Å². The Bertz CT molecular complexity index is 736. The molecule has 1 aromatic heterocycles. The third-order valence-electron chi connectivity index (χ3n) is 3.23. The van der Waals surface area contributed by atoms with E-state index in [2.05, 4.69) is 9.84 Å². The first-order valence-electron chi connectivity index (χ1n) is 6.24. The molecule has 0 atom stereocenters. The minimum atomic E-state index is -4.95. The quantitative estimate of drug-likeness (QED) is 0.944. The predicted octanol–water partition coefficient (Wildman–Crippen LogP) is 3.30. The fourth-order valence-corrected chi connectivity index (χ4v) is 2.26. The highest BCUT2D eigenvalue weighted by molar-refractivity contribution is 5.93. The standard InChI is InChI=1S/C14H13F3N2O3/c1-7-12(8(2)19(3)18-7)9-4-5-11(22-14(15,16)17)10(6-9)13(20)21/h4-6H,1-3H3,(H,20,21). The molecule has 8 heteroatoms. The average molecular weight is 314 g/mol. The van der Waals surface area contributed by atoms with Gasteiger partial charge in [-0.05, 0) is 31.5 Å². The van der Waals surface area contributed by atoms with Crippen molar-refractivity contribution < 1.29 is 27.8 Å². The molecule has 2 rings (SSSR count). The Labute approximate surface area is 123 Å². The van der Waals surface area contributed by atoms with Crippen molar-refractivity contribution in [1.29, 1.82) is 0 Å². The van der Waals surface area contributed by atoms with Crippen LogP contribution in [0, 0.1) is 13.8 Å². The van der Waals surface area contributed by atoms with Crippen molar-refractivity contribution in [3.05, 3.63) is 35.2 Å². The minimum Gasteiger partial charge on any atom is -0.478 e. The van der Waals surface area contributed by atoms with Crippen molar-refractivity contribution in [1.82, 2.24) is 9.78 Å². The number of aromatic nitrogens is 2. The molecule has 0 bridgehead atoms. The number of nitrogens with zero attached hydrogens (tertiary/aromatic N) is 2. The molecule has 0 saturated heterocycles. The number of carbonyl (C=O) groups is 1. The maximum atomic E-state index is 12.3. The highest BCUT2D eigenvalue weighted by Gasteiger charge is 2.33. The molecular weight excluding hydrogens is 301 g/mol. The zero-order valence-electron chi connectivity index (χ0n) is 12.0. The van der Waals surface area contributed by atoms with Gasteiger partial charge in [0.05, 0.1) is 5.69 Å². The minimum absolute atomic E-state index is 0.468. The van der Waals surface area contributed by atoms with Crippen LogP contribution in [0.2, 0.25) is 0 Å². The average Bonchev–Trinajstić information content (AvgIpc) is 2.62. The molecule has 0 aliphatic carbocycles. The molecule has 0 aliphatic rings. The Morgan fingerprint density at radius 3 is 2.41 bits per heavy atom. The zero-order valence-corrected chi connectivity index (χ0v) is 12.0. The van der Waals surface area contributed by atoms with E-state index in [0.29, 0.717) is 16.8 Å². The van der Waals surface area contributed by atoms with Crippen molar-refractivity contribution in [3.63, 3.8) is 0 Å². The van der Waals surface area contributed by atoms with Gasteiger partial charge in [0, 0.05) is 18.3 Å². The van der Waals surface area contributed by atoms with Crippen LogP contribution in [-0.4, -0.2) is 27.2 Å². The second-order valence-corrected chi connectivity index (χ2v) is 4.73. The van der Waals surface area contributed by atoms with E-state index in [1.807, 2.05) is 0 Å². The Morgan fingerprint density at radius 1 is 1.32 bits per heavy atom. The Morgan fingerprint density at radius 2 is 1.95 bits per heavy atom. The van der Waals surface area contributed by atoms with Crippen LogP contribution in [0.1, 0.15) is 21.7 Å². The second kappa shape index (κ2) is 5.36. The summed E-state index contributed by atoms with van der Waals surface area (Å²) in [7, 11) is 1.73. The number of rotatable bonds is 3. The summed E-state index contributed by atoms with van der Waals surface area (Å²) >= 11 is 0. The van der Waals surface area contributed by atoms with E-state index in [-0.39, 0.29) is 0 Å². The first kappa shape index (κ1) is 15.9. The van der Waals surface area contributed by atoms with E-state index in [1.165, 1.54) is 6.07 Å². The summed E-state index contributed by atoms with van der Waals surface area (Å²) in [6.45, 7) is 3.53. The van der Waals surface area contributed by atoms with E-state index >= 15 is 0 Å². The van der Waals surface area contributed by atoms with Crippen molar-refractivity contribution in [2.45, 2.75) is 20.2 Å². The first-order valence-corrected chi connectivity index (χ1v) is 6.24. The lowest BCUT2D eigenvalue weighted by molar-refractivity contribution is -0.274. The zero-order chi connectivity index (χ0) is 16.7. The lowest BCUT2D eigenvalue weighted by atomic mass is 10.0. The van der Waals surface area contributed by atoms with Crippen molar-refractivity contribution >= 4 is 5.97 Å². The Kier molecular flexibility index (Phi) is 3.87. The van der Waals surface area contributed by atoms with E-state index in [9.17, 15) is 18.0 Å². The van der Waals surface area contributed by atoms with E-state index < -0.39 is 23.6 Å². The van der Waals surface area contributed by atoms with E-state index in [0.717, 1.165) is 17.8 Å². The smallest absolute Gasteiger partial charge is 0.478 e. The summed E-state index contributed by atoms with van der Waals surface area (Å²) in [5.74, 6) is -2.25. The van der Waals surface area contributed by atoms with Crippen LogP contribution in [0.3, 0.4) is 0 Å². The fraction of sp³-hybridized carbons (Fsp3) is 0.286. The van der Waals surface area contributed by atoms with Crippen LogP contribution in [0.15, 0.2) is 18.2 Å². The van der Waals surface area contributed by atoms with Crippen LogP contribution in [0.25, 0.3) is 11.1 Å². The molecule has 0 fully saturated rings. The van der Waals surface area contributed by atoms with Gasteiger partial charge < -0.3 is 9.84 Å². The van der Waals surface area contributed by atoms with Gasteiger partial charge in [0.15, 0.2) is 0 Å². The number of benzene rings is 1. The molecule has 1 heterocycles. The number of halogens is 3. The molecule has 1 aromatic carbocycles. The molecule has 118 valence electrons. The van der Waals surface area contributed by atoms with Gasteiger partial charge in [-0.1, -0.05) is 6.07 Å². The predicted molar refractivity (Wildman–Crippen MR) is 71.8 cm³/mol. The molecular formula is C14H13F3N2O3. The largest absolute Gasteiger partial charge is 0.573 e. The molecule has 0 aliphatic heterocycles. The second-order valence-electron chi connectivity index (χ2n) is 4.73. The lowest BCUT2D eigenvalue weighted by Crippen LogP contribution is -2.19. The van der Waals surface area contributed by atoms with Crippen LogP contribution in [0.4, 0.5) is 13.2 Å². The Hall–Kier alpha value is -2.51. The molecule has 22 heavy (non-hydrogen) atoms. The summed E-state index contributed by atoms with van der Waals surface area (Å²) in [5.41, 5.74) is 2.02. The lowest BCUT2D eigenvalue weighted by Gasteiger charge is -2.12. The molecule has 0 spiro atoms. The number of aromatic carboxylic acids is 1. The monoisotopic (exact) mass is 314 g/mol. The van der Waals surface area contributed by atoms with Gasteiger partial charge in [-0.25, -0.2) is 4.79 Å². The number of hydrogen-bond donors (Lipinski definition) is 1. The van der Waals surface area contributed by atoms with Gasteiger partial charge in [-0.15, -0.1) is 13.2 Å². The molecule has 0 saturated carbocycles. The highest BCUT2D eigenvalue weighted by Crippen LogP contribution is 2.33. The van der Waals surface area contributed by atoms with Crippen LogP contribution >= 0.6 is 0 Å². The molecule has 1 N–H and O–H groups in total. The maximum Gasteiger partial charge on any atom is 0.573 e. The third kappa shape index (κ3) is 3.05.